The van der Waals surface area contributed by atoms with Crippen LogP contribution in [0.25, 0.3) is 0 Å². The number of likely N-dealkylation sites (N-methyl/N-ethyl adjacent to an activating group) is 1. The number of carbonyl (C=O) groups excluding carboxylic acids is 1. The highest BCUT2D eigenvalue weighted by atomic mass is 127. The lowest BCUT2D eigenvalue weighted by atomic mass is 9.86. The predicted octanol–water partition coefficient (Wildman–Crippen LogP) is 7.66. The molecule has 0 amide bonds. The van der Waals surface area contributed by atoms with Gasteiger partial charge in [-0.25, -0.2) is 9.92 Å². The summed E-state index contributed by atoms with van der Waals surface area (Å²) in [7, 11) is 6.71. The average Bonchev–Trinajstić information content (AvgIpc) is 3.32. The zero-order valence-corrected chi connectivity index (χ0v) is 47.4. The Hall–Kier alpha value is -1.85. The molecule has 17 nitrogen and oxygen atoms in total. The summed E-state index contributed by atoms with van der Waals surface area (Å²) in [5, 5.41) is 42.6. The highest BCUT2D eigenvalue weighted by molar-refractivity contribution is 14.1. The van der Waals surface area contributed by atoms with Crippen molar-refractivity contribution >= 4 is 39.7 Å². The number of nitrogens with one attached hydrogen (secondary N) is 2. The fourth-order valence-corrected chi connectivity index (χ4v) is 12.1. The Morgan fingerprint density at radius 2 is 1.70 bits per heavy atom. The molecule has 420 valence electrons. The first-order valence-corrected chi connectivity index (χ1v) is 27.3. The van der Waals surface area contributed by atoms with Crippen LogP contribution in [0.3, 0.4) is 0 Å². The van der Waals surface area contributed by atoms with Crippen LogP contribution in [0.1, 0.15) is 118 Å². The first-order valence-electron chi connectivity index (χ1n) is 25.1. The molecule has 5 N–H and O–H groups in total. The first kappa shape index (κ1) is 63.7. The van der Waals surface area contributed by atoms with Gasteiger partial charge in [0.1, 0.15) is 40.3 Å². The Morgan fingerprint density at radius 1 is 1.05 bits per heavy atom. The van der Waals surface area contributed by atoms with Crippen molar-refractivity contribution in [2.45, 2.75) is 205 Å². The number of ether oxygens (including phenoxy) is 7. The molecule has 4 rings (SSSR count). The fourth-order valence-electron chi connectivity index (χ4n) is 10.2. The van der Waals surface area contributed by atoms with Crippen LogP contribution < -0.4 is 5.32 Å². The van der Waals surface area contributed by atoms with E-state index in [4.69, 9.17) is 38.7 Å². The lowest BCUT2D eigenvalue weighted by Gasteiger charge is -2.44. The van der Waals surface area contributed by atoms with Crippen molar-refractivity contribution in [1.29, 1.82) is 5.53 Å². The van der Waals surface area contributed by atoms with Gasteiger partial charge in [-0.15, -0.1) is 13.2 Å². The second-order valence-corrected chi connectivity index (χ2v) is 24.3. The summed E-state index contributed by atoms with van der Waals surface area (Å²) in [5.41, 5.74) is 1.20. The van der Waals surface area contributed by atoms with Gasteiger partial charge in [-0.05, 0) is 121 Å². The van der Waals surface area contributed by atoms with Gasteiger partial charge in [0.25, 0.3) is 0 Å². The topological polar surface area (TPSA) is 220 Å². The van der Waals surface area contributed by atoms with Crippen LogP contribution in [0.2, 0.25) is 0 Å². The Morgan fingerprint density at radius 3 is 2.27 bits per heavy atom. The van der Waals surface area contributed by atoms with Crippen LogP contribution in [0.5, 0.6) is 0 Å². The maximum absolute atomic E-state index is 14.5. The molecular formula is C50H82F4IN5O12S. The molecule has 3 aliphatic heterocycles. The molecule has 3 fully saturated rings. The number of rotatable bonds is 18. The van der Waals surface area contributed by atoms with E-state index in [0.717, 1.165) is 12.1 Å². The second kappa shape index (κ2) is 27.6. The Bertz CT molecular complexity index is 1920. The number of benzene rings is 1. The zero-order chi connectivity index (χ0) is 54.8. The number of hydrogen-bond donors (Lipinski definition) is 5. The summed E-state index contributed by atoms with van der Waals surface area (Å²) in [6.07, 6.45) is -3.40. The van der Waals surface area contributed by atoms with Gasteiger partial charge < -0.3 is 68.1 Å². The molecule has 0 saturated carbocycles. The molecule has 0 spiro atoms. The van der Waals surface area contributed by atoms with Gasteiger partial charge in [-0.1, -0.05) is 26.0 Å². The third-order valence-electron chi connectivity index (χ3n) is 14.8. The maximum Gasteiger partial charge on any atom is 0.578 e. The molecule has 0 bridgehead atoms. The van der Waals surface area contributed by atoms with E-state index < -0.39 is 110 Å². The third-order valence-corrected chi connectivity index (χ3v) is 17.1. The van der Waals surface area contributed by atoms with E-state index in [1.165, 1.54) is 32.4 Å². The summed E-state index contributed by atoms with van der Waals surface area (Å²) < 4.78 is 108. The highest BCUT2D eigenvalue weighted by Crippen LogP contribution is 2.40. The van der Waals surface area contributed by atoms with Crippen molar-refractivity contribution in [2.24, 2.45) is 17.0 Å². The largest absolute Gasteiger partial charge is 0.604 e. The minimum absolute atomic E-state index is 0.00257. The van der Waals surface area contributed by atoms with E-state index in [1.54, 1.807) is 27.9 Å². The zero-order valence-electron chi connectivity index (χ0n) is 44.4. The van der Waals surface area contributed by atoms with Crippen LogP contribution in [0.15, 0.2) is 46.2 Å². The van der Waals surface area contributed by atoms with E-state index in [9.17, 15) is 42.2 Å². The Labute approximate surface area is 445 Å². The summed E-state index contributed by atoms with van der Waals surface area (Å²) in [6, 6.07) is 3.04. The molecule has 0 aromatic heterocycles. The van der Waals surface area contributed by atoms with Gasteiger partial charge in [0.15, 0.2) is 17.5 Å². The highest BCUT2D eigenvalue weighted by Gasteiger charge is 2.50. The molecule has 3 heterocycles. The smallest absolute Gasteiger partial charge is 0.578 e. The minimum Gasteiger partial charge on any atom is -0.604 e. The molecule has 0 radical (unpaired) electrons. The summed E-state index contributed by atoms with van der Waals surface area (Å²) >= 11 is -1.21. The van der Waals surface area contributed by atoms with E-state index in [-0.39, 0.29) is 55.5 Å². The van der Waals surface area contributed by atoms with Crippen LogP contribution in [-0.4, -0.2) is 171 Å². The number of alkyl halides is 5. The van der Waals surface area contributed by atoms with E-state index >= 15 is 0 Å². The number of aliphatic hydroxyl groups excluding tert-OH is 1. The monoisotopic (exact) mass is 1180 g/mol. The summed E-state index contributed by atoms with van der Waals surface area (Å²) in [5.74, 6) is -1.82. The predicted molar refractivity (Wildman–Crippen MR) is 274 cm³/mol. The second-order valence-electron chi connectivity index (χ2n) is 20.9. The van der Waals surface area contributed by atoms with Crippen LogP contribution >= 0.6 is 22.6 Å². The molecule has 1 aromatic rings. The lowest BCUT2D eigenvalue weighted by Crippen LogP contribution is -2.59. The number of carbonyl (C=O) groups is 1. The molecular weight excluding hydrogens is 1100 g/mol. The number of cyclic esters (lactones) is 1. The lowest BCUT2D eigenvalue weighted by molar-refractivity contribution is -0.273. The number of nitrogens with zero attached hydrogens (tertiary/aromatic N) is 3. The third kappa shape index (κ3) is 17.6. The van der Waals surface area contributed by atoms with Gasteiger partial charge in [0.2, 0.25) is 0 Å². The number of aliphatic hydroxyl groups is 3. The van der Waals surface area contributed by atoms with Gasteiger partial charge in [0.05, 0.1) is 52.7 Å². The average molecular weight is 1180 g/mol. The number of esters is 1. The van der Waals surface area contributed by atoms with Crippen molar-refractivity contribution in [1.82, 2.24) is 15.1 Å². The minimum atomic E-state index is -4.93. The van der Waals surface area contributed by atoms with Crippen molar-refractivity contribution in [3.8, 4) is 0 Å². The van der Waals surface area contributed by atoms with Gasteiger partial charge in [-0.2, -0.15) is 5.11 Å². The van der Waals surface area contributed by atoms with E-state index in [1.807, 2.05) is 69.3 Å². The van der Waals surface area contributed by atoms with Crippen LogP contribution in [0, 0.1) is 17.4 Å². The molecule has 73 heavy (non-hydrogen) atoms. The van der Waals surface area contributed by atoms with Crippen LogP contribution in [-0.2, 0) is 49.1 Å². The number of hydrogen-bond acceptors (Lipinski definition) is 17. The summed E-state index contributed by atoms with van der Waals surface area (Å²) in [4.78, 5) is 17.9. The van der Waals surface area contributed by atoms with Gasteiger partial charge in [-0.3, -0.25) is 4.79 Å². The molecule has 3 saturated heterocycles. The molecule has 3 aliphatic rings. The van der Waals surface area contributed by atoms with Crippen molar-refractivity contribution in [2.75, 3.05) is 48.1 Å². The number of methoxy groups -OCH3 is 2. The normalized spacial score (nSPS) is 37.4. The van der Waals surface area contributed by atoms with Crippen molar-refractivity contribution in [3.05, 3.63) is 41.7 Å². The van der Waals surface area contributed by atoms with E-state index in [2.05, 4.69) is 15.3 Å². The Kier molecular flexibility index (Phi) is 24.1. The molecule has 1 aromatic carbocycles. The quantitative estimate of drug-likeness (QED) is 0.0238. The van der Waals surface area contributed by atoms with Crippen molar-refractivity contribution in [3.63, 3.8) is 0 Å². The van der Waals surface area contributed by atoms with Crippen molar-refractivity contribution < 1.29 is 75.4 Å². The molecule has 0 aliphatic carbocycles. The fraction of sp³-hybridized carbons (Fsp3) is 0.820. The summed E-state index contributed by atoms with van der Waals surface area (Å²) in [6.45, 7) is 14.4. The van der Waals surface area contributed by atoms with Crippen LogP contribution in [0.4, 0.5) is 17.6 Å². The number of halogens is 5. The van der Waals surface area contributed by atoms with Gasteiger partial charge >= 0.3 is 11.5 Å². The standard InChI is InChI=1S/C50H82F4IN5O12S/c1-13-40-48(8,63)45(61)33(6)60(10)28-29(2)23-49(55,64)41(22-39(32(5)46(62)72-40)70-43-25-47(7,67-12)24-31(4)69-43)71-42-21-36(20-30(3)68-42)59(9)19-18-35(58-56)27-57-38(26-51)44(66-11)34-14-16-37(17-15-34)73(65)50(52,53)54/h14-17,27,29-33,36,38-45,56-57,61,63-64H,13,18-26,28H2,1-12H3/b35-27-,58-56?/t29-,30-,31+,32-,33-,36+,38-,39+,40-,41-,42+,43+,44-,45-,47+,48-,49-,73?/m1/s1. The molecule has 18 atom stereocenters. The molecule has 1 unspecified atom stereocenters. The first-order chi connectivity index (χ1) is 34.0. The Balaban J connectivity index is 1.59. The van der Waals surface area contributed by atoms with E-state index in [0.29, 0.717) is 44.3 Å². The SMILES string of the molecule is CC[C@H]1OC(=O)[C@H](C)[C@@H](O[C@H]2C[C@@](C)(OC)C[C@H](C)O2)C[C@@H](O[C@H]2C[C@@H](N(C)CC/C(=C/N[C@H](CF)[C@H](OC)c3ccc([S+]([O-])C(F)(F)F)cc3)N=N)C[C@@H](C)O2)[C@@](O)(I)C[C@@H](C)CN(C)[C@H](C)[C@@H](O)[C@]1(C)O. The maximum atomic E-state index is 14.5. The van der Waals surface area contributed by atoms with Gasteiger partial charge in [0, 0.05) is 77.7 Å². The molecule has 23 heteroatoms.